The minimum absolute atomic E-state index is 0.166. The van der Waals surface area contributed by atoms with Crippen molar-refractivity contribution in [3.8, 4) is 5.75 Å². The van der Waals surface area contributed by atoms with Gasteiger partial charge in [0, 0.05) is 45.9 Å². The molecule has 0 atom stereocenters. The number of hydrogen-bond donors (Lipinski definition) is 0. The van der Waals surface area contributed by atoms with E-state index in [0.717, 1.165) is 35.4 Å². The molecular formula is C40H29NO4. The highest BCUT2D eigenvalue weighted by Crippen LogP contribution is 2.45. The first kappa shape index (κ1) is 26.9. The summed E-state index contributed by atoms with van der Waals surface area (Å²) in [5.41, 5.74) is 9.62. The number of Topliss-reactive ketones (excluding diaryl/α,β-unsaturated/α-hetero) is 2. The monoisotopic (exact) mass is 587 g/mol. The van der Waals surface area contributed by atoms with Crippen molar-refractivity contribution in [2.75, 3.05) is 4.90 Å². The molecule has 0 fully saturated rings. The van der Waals surface area contributed by atoms with Crippen molar-refractivity contribution in [2.24, 2.45) is 0 Å². The third-order valence-electron chi connectivity index (χ3n) is 8.74. The van der Waals surface area contributed by atoms with Crippen LogP contribution in [0.3, 0.4) is 0 Å². The van der Waals surface area contributed by atoms with Gasteiger partial charge < -0.3 is 14.4 Å². The van der Waals surface area contributed by atoms with E-state index in [9.17, 15) is 9.59 Å². The Balaban J connectivity index is 1.17. The molecule has 4 aliphatic rings. The number of aryl methyl sites for hydroxylation is 2. The highest BCUT2D eigenvalue weighted by molar-refractivity contribution is 6.40. The average molecular weight is 588 g/mol. The molecule has 0 spiro atoms. The largest absolute Gasteiger partial charge is 0.462 e. The van der Waals surface area contributed by atoms with Crippen LogP contribution in [-0.4, -0.2) is 11.6 Å². The molecule has 45 heavy (non-hydrogen) atoms. The molecule has 0 radical (unpaired) electrons. The zero-order valence-electron chi connectivity index (χ0n) is 25.0. The van der Waals surface area contributed by atoms with E-state index >= 15 is 0 Å². The average Bonchev–Trinajstić information content (AvgIpc) is 3.18. The van der Waals surface area contributed by atoms with Gasteiger partial charge >= 0.3 is 0 Å². The number of rotatable bonds is 2. The summed E-state index contributed by atoms with van der Waals surface area (Å²) in [6.45, 7) is 3.87. The van der Waals surface area contributed by atoms with E-state index in [1.807, 2.05) is 19.1 Å². The Morgan fingerprint density at radius 1 is 0.667 bits per heavy atom. The SMILES string of the molecule is CC1=CC(=C2C(=O)c3ccccc3C2=O)C=C(/C=C2\C=C(C)c3ccc(N4c5ccccc5CCc5ccccc54)cc3O2)O1. The molecule has 0 aromatic heterocycles. The fourth-order valence-electron chi connectivity index (χ4n) is 6.67. The first-order chi connectivity index (χ1) is 21.9. The molecule has 3 heterocycles. The standard InChI is InChI=1S/C40H29NO4/c1-24-19-30(23-31-21-28(20-25(2)44-31)38-39(42)33-11-5-6-12-34(33)40(38)43)45-37-22-29(17-18-32(24)37)41-35-13-7-3-9-26(35)15-16-27-10-4-8-14-36(27)41/h3-14,17-23H,15-16H2,1-2H3/b30-23+. The van der Waals surface area contributed by atoms with Gasteiger partial charge in [0.05, 0.1) is 5.57 Å². The number of carbonyl (C=O) groups excluding carboxylic acids is 2. The normalized spacial score (nSPS) is 17.7. The maximum atomic E-state index is 13.2. The molecule has 0 bridgehead atoms. The maximum absolute atomic E-state index is 13.2. The summed E-state index contributed by atoms with van der Waals surface area (Å²) in [4.78, 5) is 28.7. The summed E-state index contributed by atoms with van der Waals surface area (Å²) < 4.78 is 12.5. The van der Waals surface area contributed by atoms with Crippen LogP contribution in [0, 0.1) is 0 Å². The van der Waals surface area contributed by atoms with E-state index in [2.05, 4.69) is 78.6 Å². The number of carbonyl (C=O) groups is 2. The van der Waals surface area contributed by atoms with Crippen LogP contribution in [0.15, 0.2) is 144 Å². The van der Waals surface area contributed by atoms with Gasteiger partial charge in [-0.3, -0.25) is 9.59 Å². The quantitative estimate of drug-likeness (QED) is 0.173. The first-order valence-corrected chi connectivity index (χ1v) is 15.1. The Labute approximate surface area is 261 Å². The van der Waals surface area contributed by atoms with Crippen LogP contribution < -0.4 is 9.64 Å². The molecule has 218 valence electrons. The number of nitrogens with zero attached hydrogens (tertiary/aromatic N) is 1. The predicted octanol–water partition coefficient (Wildman–Crippen LogP) is 9.13. The Hall–Kier alpha value is -5.68. The fourth-order valence-corrected chi connectivity index (χ4v) is 6.67. The number of fused-ring (bicyclic) bond motifs is 4. The van der Waals surface area contributed by atoms with E-state index in [1.165, 1.54) is 22.5 Å². The molecule has 8 rings (SSSR count). The molecule has 0 saturated heterocycles. The third-order valence-corrected chi connectivity index (χ3v) is 8.74. The van der Waals surface area contributed by atoms with Crippen molar-refractivity contribution in [2.45, 2.75) is 26.7 Å². The van der Waals surface area contributed by atoms with Gasteiger partial charge in [0.1, 0.15) is 23.0 Å². The Kier molecular flexibility index (Phi) is 6.27. The number of para-hydroxylation sites is 2. The summed E-state index contributed by atoms with van der Waals surface area (Å²) in [6, 6.07) is 30.5. The third kappa shape index (κ3) is 4.56. The van der Waals surface area contributed by atoms with Gasteiger partial charge in [0.15, 0.2) is 11.6 Å². The fraction of sp³-hybridized carbons (Fsp3) is 0.100. The minimum Gasteiger partial charge on any atom is -0.462 e. The molecule has 0 unspecified atom stereocenters. The minimum atomic E-state index is -0.262. The van der Waals surface area contributed by atoms with Gasteiger partial charge in [-0.1, -0.05) is 60.7 Å². The highest BCUT2D eigenvalue weighted by atomic mass is 16.5. The number of anilines is 3. The molecular weight excluding hydrogens is 558 g/mol. The van der Waals surface area contributed by atoms with Crippen LogP contribution in [0.25, 0.3) is 5.57 Å². The molecule has 0 N–H and O–H groups in total. The van der Waals surface area contributed by atoms with Crippen LogP contribution >= 0.6 is 0 Å². The van der Waals surface area contributed by atoms with Gasteiger partial charge in [-0.05, 0) is 91.5 Å². The second-order valence-corrected chi connectivity index (χ2v) is 11.7. The van der Waals surface area contributed by atoms with Crippen molar-refractivity contribution in [3.05, 3.63) is 172 Å². The topological polar surface area (TPSA) is 55.8 Å². The van der Waals surface area contributed by atoms with Crippen molar-refractivity contribution in [1.29, 1.82) is 0 Å². The van der Waals surface area contributed by atoms with E-state index < -0.39 is 0 Å². The van der Waals surface area contributed by atoms with Crippen molar-refractivity contribution in [3.63, 3.8) is 0 Å². The molecule has 0 saturated carbocycles. The van der Waals surface area contributed by atoms with E-state index in [0.29, 0.717) is 34.0 Å². The number of ketones is 2. The number of hydrogen-bond acceptors (Lipinski definition) is 5. The number of ether oxygens (including phenoxy) is 2. The zero-order chi connectivity index (χ0) is 30.7. The maximum Gasteiger partial charge on any atom is 0.198 e. The number of benzene rings is 4. The van der Waals surface area contributed by atoms with Gasteiger partial charge in [-0.2, -0.15) is 0 Å². The Morgan fingerprint density at radius 2 is 1.29 bits per heavy atom. The lowest BCUT2D eigenvalue weighted by molar-refractivity contribution is 0.0987. The summed E-state index contributed by atoms with van der Waals surface area (Å²) in [5.74, 6) is 1.90. The van der Waals surface area contributed by atoms with Crippen LogP contribution in [0.2, 0.25) is 0 Å². The summed E-state index contributed by atoms with van der Waals surface area (Å²) in [5, 5.41) is 0. The predicted molar refractivity (Wildman–Crippen MR) is 176 cm³/mol. The summed E-state index contributed by atoms with van der Waals surface area (Å²) in [7, 11) is 0. The molecule has 5 nitrogen and oxygen atoms in total. The zero-order valence-corrected chi connectivity index (χ0v) is 25.0. The lowest BCUT2D eigenvalue weighted by atomic mass is 9.99. The van der Waals surface area contributed by atoms with Crippen molar-refractivity contribution < 1.29 is 19.1 Å². The lowest BCUT2D eigenvalue weighted by Crippen LogP contribution is -2.13. The highest BCUT2D eigenvalue weighted by Gasteiger charge is 2.35. The first-order valence-electron chi connectivity index (χ1n) is 15.1. The molecule has 5 heteroatoms. The van der Waals surface area contributed by atoms with Crippen molar-refractivity contribution >= 4 is 34.2 Å². The van der Waals surface area contributed by atoms with E-state index in [-0.39, 0.29) is 17.1 Å². The van der Waals surface area contributed by atoms with E-state index in [4.69, 9.17) is 9.47 Å². The van der Waals surface area contributed by atoms with Crippen molar-refractivity contribution in [1.82, 2.24) is 0 Å². The van der Waals surface area contributed by atoms with E-state index in [1.54, 1.807) is 36.4 Å². The molecule has 1 aliphatic carbocycles. The van der Waals surface area contributed by atoms with Gasteiger partial charge in [0.25, 0.3) is 0 Å². The Bertz CT molecular complexity index is 2040. The van der Waals surface area contributed by atoms with Crippen LogP contribution in [0.4, 0.5) is 17.1 Å². The molecule has 0 amide bonds. The van der Waals surface area contributed by atoms with Gasteiger partial charge in [-0.15, -0.1) is 0 Å². The van der Waals surface area contributed by atoms with Crippen LogP contribution in [-0.2, 0) is 17.6 Å². The van der Waals surface area contributed by atoms with Crippen LogP contribution in [0.5, 0.6) is 5.75 Å². The Morgan fingerprint density at radius 3 is 1.96 bits per heavy atom. The van der Waals surface area contributed by atoms with Gasteiger partial charge in [0.2, 0.25) is 0 Å². The summed E-state index contributed by atoms with van der Waals surface area (Å²) >= 11 is 0. The molecule has 3 aliphatic heterocycles. The number of allylic oxidation sites excluding steroid dienone is 8. The van der Waals surface area contributed by atoms with Crippen LogP contribution in [0.1, 0.15) is 51.3 Å². The van der Waals surface area contributed by atoms with Gasteiger partial charge in [-0.25, -0.2) is 0 Å². The second kappa shape index (κ2) is 10.5. The second-order valence-electron chi connectivity index (χ2n) is 11.7. The summed E-state index contributed by atoms with van der Waals surface area (Å²) in [6.07, 6.45) is 9.21. The molecule has 4 aromatic rings. The smallest absolute Gasteiger partial charge is 0.198 e. The lowest BCUT2D eigenvalue weighted by Gasteiger charge is -2.29. The molecule has 4 aromatic carbocycles.